The van der Waals surface area contributed by atoms with E-state index in [-0.39, 0.29) is 11.0 Å². The van der Waals surface area contributed by atoms with Gasteiger partial charge in [-0.1, -0.05) is 13.8 Å². The molecule has 1 fully saturated rings. The molecule has 2 atom stereocenters. The van der Waals surface area contributed by atoms with Gasteiger partial charge in [-0.15, -0.1) is 0 Å². The molecule has 1 aliphatic rings. The molecule has 0 spiro atoms. The molecule has 0 amide bonds. The Kier molecular flexibility index (Phi) is 3.76. The van der Waals surface area contributed by atoms with Crippen LogP contribution in [0.25, 0.3) is 0 Å². The summed E-state index contributed by atoms with van der Waals surface area (Å²) >= 11 is 0. The fourth-order valence-corrected chi connectivity index (χ4v) is 2.84. The maximum Gasteiger partial charge on any atom is 0.0951 e. The summed E-state index contributed by atoms with van der Waals surface area (Å²) in [5.41, 5.74) is 1.55. The van der Waals surface area contributed by atoms with E-state index in [0.29, 0.717) is 12.1 Å². The number of methoxy groups -OCH3 is 1. The van der Waals surface area contributed by atoms with Crippen LogP contribution in [0, 0.1) is 5.41 Å². The van der Waals surface area contributed by atoms with Gasteiger partial charge in [0, 0.05) is 36.8 Å². The van der Waals surface area contributed by atoms with Gasteiger partial charge in [-0.2, -0.15) is 0 Å². The zero-order chi connectivity index (χ0) is 14.3. The SMILES string of the molecule is COC1CC(n2cncc2CNC(C)(C)C)C1(C)C. The van der Waals surface area contributed by atoms with Crippen molar-refractivity contribution in [3.8, 4) is 0 Å². The topological polar surface area (TPSA) is 39.1 Å². The lowest BCUT2D eigenvalue weighted by atomic mass is 9.64. The van der Waals surface area contributed by atoms with Gasteiger partial charge in [0.1, 0.15) is 0 Å². The molecule has 2 unspecified atom stereocenters. The Morgan fingerprint density at radius 2 is 2.16 bits per heavy atom. The molecule has 2 rings (SSSR count). The maximum atomic E-state index is 5.53. The third-order valence-electron chi connectivity index (χ3n) is 4.29. The predicted octanol–water partition coefficient (Wildman–Crippen LogP) is 2.76. The molecule has 1 saturated carbocycles. The summed E-state index contributed by atoms with van der Waals surface area (Å²) in [5, 5.41) is 3.53. The van der Waals surface area contributed by atoms with Gasteiger partial charge in [0.15, 0.2) is 0 Å². The highest BCUT2D eigenvalue weighted by atomic mass is 16.5. The largest absolute Gasteiger partial charge is 0.381 e. The summed E-state index contributed by atoms with van der Waals surface area (Å²) in [6.45, 7) is 12.0. The average molecular weight is 265 g/mol. The normalized spacial score (nSPS) is 26.2. The van der Waals surface area contributed by atoms with E-state index in [1.165, 1.54) is 5.69 Å². The molecule has 19 heavy (non-hydrogen) atoms. The smallest absolute Gasteiger partial charge is 0.0951 e. The lowest BCUT2D eigenvalue weighted by molar-refractivity contribution is -0.113. The first-order valence-corrected chi connectivity index (χ1v) is 7.04. The van der Waals surface area contributed by atoms with Crippen molar-refractivity contribution in [3.05, 3.63) is 18.2 Å². The number of hydrogen-bond donors (Lipinski definition) is 1. The van der Waals surface area contributed by atoms with Crippen molar-refractivity contribution in [1.82, 2.24) is 14.9 Å². The minimum absolute atomic E-state index is 0.124. The minimum atomic E-state index is 0.124. The standard InChI is InChI=1S/C15H27N3O/c1-14(2,3)17-9-11-8-16-10-18(11)12-7-13(19-6)15(12,4)5/h8,10,12-13,17H,7,9H2,1-6H3. The number of imidazole rings is 1. The van der Waals surface area contributed by atoms with Crippen LogP contribution in [0.5, 0.6) is 0 Å². The summed E-state index contributed by atoms with van der Waals surface area (Å²) < 4.78 is 7.85. The van der Waals surface area contributed by atoms with Gasteiger partial charge in [-0.3, -0.25) is 0 Å². The summed E-state index contributed by atoms with van der Waals surface area (Å²) in [6.07, 6.45) is 5.35. The van der Waals surface area contributed by atoms with Crippen LogP contribution in [0.1, 0.15) is 52.8 Å². The number of hydrogen-bond acceptors (Lipinski definition) is 3. The molecule has 1 aromatic rings. The zero-order valence-electron chi connectivity index (χ0n) is 13.0. The van der Waals surface area contributed by atoms with Crippen LogP contribution in [-0.2, 0) is 11.3 Å². The van der Waals surface area contributed by atoms with Gasteiger partial charge in [-0.25, -0.2) is 4.98 Å². The maximum absolute atomic E-state index is 5.53. The first-order chi connectivity index (χ1) is 8.75. The Morgan fingerprint density at radius 1 is 1.47 bits per heavy atom. The molecular weight excluding hydrogens is 238 g/mol. The summed E-state index contributed by atoms with van der Waals surface area (Å²) in [5.74, 6) is 0. The molecule has 108 valence electrons. The van der Waals surface area contributed by atoms with Crippen molar-refractivity contribution in [1.29, 1.82) is 0 Å². The lowest BCUT2D eigenvalue weighted by Crippen LogP contribution is -2.51. The van der Waals surface area contributed by atoms with Crippen LogP contribution in [0.2, 0.25) is 0 Å². The first-order valence-electron chi connectivity index (χ1n) is 7.04. The van der Waals surface area contributed by atoms with E-state index in [9.17, 15) is 0 Å². The van der Waals surface area contributed by atoms with Gasteiger partial charge >= 0.3 is 0 Å². The average Bonchev–Trinajstić information content (AvgIpc) is 2.72. The Morgan fingerprint density at radius 3 is 2.68 bits per heavy atom. The van der Waals surface area contributed by atoms with E-state index in [1.807, 2.05) is 12.5 Å². The zero-order valence-corrected chi connectivity index (χ0v) is 13.0. The van der Waals surface area contributed by atoms with E-state index in [2.05, 4.69) is 49.5 Å². The fraction of sp³-hybridized carbons (Fsp3) is 0.800. The van der Waals surface area contributed by atoms with Gasteiger partial charge < -0.3 is 14.6 Å². The minimum Gasteiger partial charge on any atom is -0.381 e. The molecule has 0 saturated heterocycles. The quantitative estimate of drug-likeness (QED) is 0.910. The molecule has 1 heterocycles. The molecule has 4 heteroatoms. The van der Waals surface area contributed by atoms with Gasteiger partial charge in [-0.05, 0) is 27.2 Å². The van der Waals surface area contributed by atoms with Crippen LogP contribution >= 0.6 is 0 Å². The summed E-state index contributed by atoms with van der Waals surface area (Å²) in [4.78, 5) is 4.32. The fourth-order valence-electron chi connectivity index (χ4n) is 2.84. The van der Waals surface area contributed by atoms with E-state index in [4.69, 9.17) is 4.74 Å². The van der Waals surface area contributed by atoms with E-state index < -0.39 is 0 Å². The van der Waals surface area contributed by atoms with Crippen molar-refractivity contribution >= 4 is 0 Å². The predicted molar refractivity (Wildman–Crippen MR) is 77.1 cm³/mol. The number of aromatic nitrogens is 2. The molecular formula is C15H27N3O. The third kappa shape index (κ3) is 2.84. The Labute approximate surface area is 116 Å². The van der Waals surface area contributed by atoms with Crippen LogP contribution < -0.4 is 5.32 Å². The van der Waals surface area contributed by atoms with Crippen molar-refractivity contribution < 1.29 is 4.74 Å². The van der Waals surface area contributed by atoms with Crippen LogP contribution in [0.4, 0.5) is 0 Å². The summed E-state index contributed by atoms with van der Waals surface area (Å²) in [7, 11) is 1.80. The molecule has 1 aliphatic carbocycles. The number of nitrogens with zero attached hydrogens (tertiary/aromatic N) is 2. The second-order valence-corrected chi connectivity index (χ2v) is 7.19. The molecule has 0 aliphatic heterocycles. The third-order valence-corrected chi connectivity index (χ3v) is 4.29. The van der Waals surface area contributed by atoms with Gasteiger partial charge in [0.05, 0.1) is 18.1 Å². The van der Waals surface area contributed by atoms with Crippen LogP contribution in [-0.4, -0.2) is 28.3 Å². The second-order valence-electron chi connectivity index (χ2n) is 7.19. The second kappa shape index (κ2) is 4.91. The molecule has 4 nitrogen and oxygen atoms in total. The van der Waals surface area contributed by atoms with Gasteiger partial charge in [0.25, 0.3) is 0 Å². The highest BCUT2D eigenvalue weighted by Crippen LogP contribution is 2.51. The van der Waals surface area contributed by atoms with E-state index >= 15 is 0 Å². The lowest BCUT2D eigenvalue weighted by Gasteiger charge is -2.52. The molecule has 0 aromatic carbocycles. The Balaban J connectivity index is 2.09. The van der Waals surface area contributed by atoms with E-state index in [0.717, 1.165) is 13.0 Å². The molecule has 1 aromatic heterocycles. The first kappa shape index (κ1) is 14.5. The van der Waals surface area contributed by atoms with E-state index in [1.54, 1.807) is 7.11 Å². The van der Waals surface area contributed by atoms with Crippen LogP contribution in [0.15, 0.2) is 12.5 Å². The number of rotatable bonds is 4. The monoisotopic (exact) mass is 265 g/mol. The Bertz CT molecular complexity index is 431. The highest BCUT2D eigenvalue weighted by Gasteiger charge is 2.49. The van der Waals surface area contributed by atoms with Crippen molar-refractivity contribution in [2.75, 3.05) is 7.11 Å². The van der Waals surface area contributed by atoms with Crippen LogP contribution in [0.3, 0.4) is 0 Å². The number of nitrogens with one attached hydrogen (secondary N) is 1. The van der Waals surface area contributed by atoms with Gasteiger partial charge in [0.2, 0.25) is 0 Å². The Hall–Kier alpha value is -0.870. The highest BCUT2D eigenvalue weighted by molar-refractivity contribution is 5.09. The molecule has 0 bridgehead atoms. The number of ether oxygens (including phenoxy) is 1. The summed E-state index contributed by atoms with van der Waals surface area (Å²) in [6, 6.07) is 0.483. The molecule has 0 radical (unpaired) electrons. The van der Waals surface area contributed by atoms with Crippen molar-refractivity contribution in [3.63, 3.8) is 0 Å². The van der Waals surface area contributed by atoms with Crippen molar-refractivity contribution in [2.24, 2.45) is 5.41 Å². The van der Waals surface area contributed by atoms with Crippen molar-refractivity contribution in [2.45, 2.75) is 65.3 Å². The molecule has 1 N–H and O–H groups in total.